The van der Waals surface area contributed by atoms with Crippen molar-refractivity contribution < 1.29 is 14.3 Å². The highest BCUT2D eigenvalue weighted by Crippen LogP contribution is 2.28. The van der Waals surface area contributed by atoms with Crippen LogP contribution in [0, 0.1) is 11.8 Å². The molecular weight excluding hydrogens is 340 g/mol. The second-order valence-corrected chi connectivity index (χ2v) is 8.25. The smallest absolute Gasteiger partial charge is 0.227 e. The third kappa shape index (κ3) is 4.34. The van der Waals surface area contributed by atoms with E-state index < -0.39 is 0 Å². The summed E-state index contributed by atoms with van der Waals surface area (Å²) in [4.78, 5) is 29.4. The molecule has 0 N–H and O–H groups in total. The molecule has 3 aliphatic rings. The molecule has 146 valence electrons. The van der Waals surface area contributed by atoms with Crippen molar-refractivity contribution in [2.45, 2.75) is 44.6 Å². The highest BCUT2D eigenvalue weighted by atomic mass is 16.5. The van der Waals surface area contributed by atoms with E-state index in [2.05, 4.69) is 30.3 Å². The Balaban J connectivity index is 1.27. The van der Waals surface area contributed by atoms with Gasteiger partial charge in [0.2, 0.25) is 11.8 Å². The molecule has 3 fully saturated rings. The van der Waals surface area contributed by atoms with Crippen LogP contribution in [0.2, 0.25) is 0 Å². The standard InChI is InChI=1S/C22H30N2O3/c25-21-15-19(16-24(21)20-8-12-27-13-9-20)22(26)23-10-6-18(7-11-23)14-17-4-2-1-3-5-17/h1-5,18-20H,6-16H2. The van der Waals surface area contributed by atoms with Gasteiger partial charge >= 0.3 is 0 Å². The first kappa shape index (κ1) is 18.5. The summed E-state index contributed by atoms with van der Waals surface area (Å²) in [5.74, 6) is 0.849. The first-order valence-corrected chi connectivity index (χ1v) is 10.4. The van der Waals surface area contributed by atoms with Gasteiger partial charge < -0.3 is 14.5 Å². The fraction of sp³-hybridized carbons (Fsp3) is 0.636. The fourth-order valence-corrected chi connectivity index (χ4v) is 4.81. The maximum atomic E-state index is 13.0. The van der Waals surface area contributed by atoms with E-state index in [0.29, 0.717) is 18.9 Å². The van der Waals surface area contributed by atoms with E-state index in [-0.39, 0.29) is 23.8 Å². The van der Waals surface area contributed by atoms with Crippen LogP contribution in [0.3, 0.4) is 0 Å². The average molecular weight is 370 g/mol. The van der Waals surface area contributed by atoms with E-state index >= 15 is 0 Å². The molecule has 5 nitrogen and oxygen atoms in total. The van der Waals surface area contributed by atoms with E-state index in [9.17, 15) is 9.59 Å². The minimum atomic E-state index is -0.147. The second-order valence-electron chi connectivity index (χ2n) is 8.25. The summed E-state index contributed by atoms with van der Waals surface area (Å²) >= 11 is 0. The minimum Gasteiger partial charge on any atom is -0.381 e. The van der Waals surface area contributed by atoms with Crippen LogP contribution in [0.5, 0.6) is 0 Å². The third-order valence-corrected chi connectivity index (χ3v) is 6.43. The molecule has 3 saturated heterocycles. The number of hydrogen-bond donors (Lipinski definition) is 0. The number of rotatable bonds is 4. The molecule has 5 heteroatoms. The summed E-state index contributed by atoms with van der Waals surface area (Å²) in [6.45, 7) is 3.72. The Morgan fingerprint density at radius 3 is 2.44 bits per heavy atom. The molecule has 0 aromatic heterocycles. The van der Waals surface area contributed by atoms with Gasteiger partial charge in [0, 0.05) is 45.3 Å². The predicted molar refractivity (Wildman–Crippen MR) is 103 cm³/mol. The van der Waals surface area contributed by atoms with E-state index in [1.54, 1.807) is 0 Å². The van der Waals surface area contributed by atoms with Crippen molar-refractivity contribution in [3.8, 4) is 0 Å². The van der Waals surface area contributed by atoms with Gasteiger partial charge in [-0.3, -0.25) is 9.59 Å². The summed E-state index contributed by atoms with van der Waals surface area (Å²) in [6.07, 6.45) is 5.41. The molecule has 27 heavy (non-hydrogen) atoms. The van der Waals surface area contributed by atoms with Gasteiger partial charge in [-0.05, 0) is 43.6 Å². The maximum absolute atomic E-state index is 13.0. The molecule has 0 bridgehead atoms. The molecule has 3 heterocycles. The number of amides is 2. The summed E-state index contributed by atoms with van der Waals surface area (Å²) in [5, 5.41) is 0. The molecule has 0 saturated carbocycles. The van der Waals surface area contributed by atoms with Crippen LogP contribution in [0.25, 0.3) is 0 Å². The second kappa shape index (κ2) is 8.42. The van der Waals surface area contributed by atoms with Crippen molar-refractivity contribution in [2.24, 2.45) is 11.8 Å². The molecule has 1 aromatic carbocycles. The molecular formula is C22H30N2O3. The lowest BCUT2D eigenvalue weighted by molar-refractivity contribution is -0.137. The molecule has 3 aliphatic heterocycles. The average Bonchev–Trinajstić information content (AvgIpc) is 3.11. The number of piperidine rings is 1. The first-order valence-electron chi connectivity index (χ1n) is 10.4. The van der Waals surface area contributed by atoms with E-state index in [4.69, 9.17) is 4.74 Å². The van der Waals surface area contributed by atoms with Crippen LogP contribution in [0.1, 0.15) is 37.7 Å². The van der Waals surface area contributed by atoms with Crippen molar-refractivity contribution in [1.29, 1.82) is 0 Å². The van der Waals surface area contributed by atoms with Gasteiger partial charge in [0.25, 0.3) is 0 Å². The Morgan fingerprint density at radius 2 is 1.74 bits per heavy atom. The lowest BCUT2D eigenvalue weighted by Crippen LogP contribution is -2.44. The lowest BCUT2D eigenvalue weighted by atomic mass is 9.89. The van der Waals surface area contributed by atoms with Crippen LogP contribution in [-0.4, -0.2) is 60.5 Å². The van der Waals surface area contributed by atoms with Crippen LogP contribution >= 0.6 is 0 Å². The number of benzene rings is 1. The molecule has 4 rings (SSSR count). The Labute approximate surface area is 161 Å². The molecule has 0 radical (unpaired) electrons. The van der Waals surface area contributed by atoms with E-state index in [1.807, 2.05) is 9.80 Å². The number of hydrogen-bond acceptors (Lipinski definition) is 3. The van der Waals surface area contributed by atoms with Crippen LogP contribution < -0.4 is 0 Å². The van der Waals surface area contributed by atoms with E-state index in [0.717, 1.165) is 58.4 Å². The van der Waals surface area contributed by atoms with Gasteiger partial charge in [0.15, 0.2) is 0 Å². The predicted octanol–water partition coefficient (Wildman–Crippen LogP) is 2.50. The van der Waals surface area contributed by atoms with Gasteiger partial charge in [0.1, 0.15) is 0 Å². The van der Waals surface area contributed by atoms with Crippen LogP contribution in [-0.2, 0) is 20.7 Å². The van der Waals surface area contributed by atoms with Crippen molar-refractivity contribution >= 4 is 11.8 Å². The highest BCUT2D eigenvalue weighted by Gasteiger charge is 2.40. The van der Waals surface area contributed by atoms with Crippen molar-refractivity contribution in [3.05, 3.63) is 35.9 Å². The van der Waals surface area contributed by atoms with Crippen molar-refractivity contribution in [2.75, 3.05) is 32.8 Å². The molecule has 0 spiro atoms. The maximum Gasteiger partial charge on any atom is 0.227 e. The number of carbonyl (C=O) groups is 2. The topological polar surface area (TPSA) is 49.9 Å². The number of likely N-dealkylation sites (tertiary alicyclic amines) is 2. The van der Waals surface area contributed by atoms with Crippen LogP contribution in [0.15, 0.2) is 30.3 Å². The molecule has 1 unspecified atom stereocenters. The molecule has 0 aliphatic carbocycles. The fourth-order valence-electron chi connectivity index (χ4n) is 4.81. The first-order chi connectivity index (χ1) is 13.2. The summed E-state index contributed by atoms with van der Waals surface area (Å²) in [5.41, 5.74) is 1.38. The van der Waals surface area contributed by atoms with Crippen LogP contribution in [0.4, 0.5) is 0 Å². The largest absolute Gasteiger partial charge is 0.381 e. The highest BCUT2D eigenvalue weighted by molar-refractivity contribution is 5.89. The number of ether oxygens (including phenoxy) is 1. The van der Waals surface area contributed by atoms with Gasteiger partial charge in [0.05, 0.1) is 5.92 Å². The Bertz CT molecular complexity index is 649. The number of nitrogens with zero attached hydrogens (tertiary/aromatic N) is 2. The SMILES string of the molecule is O=C(C1CC(=O)N(C2CCOCC2)C1)N1CCC(Cc2ccccc2)CC1. The molecule has 1 aromatic rings. The van der Waals surface area contributed by atoms with Gasteiger partial charge in [-0.25, -0.2) is 0 Å². The Morgan fingerprint density at radius 1 is 1.04 bits per heavy atom. The number of carbonyl (C=O) groups excluding carboxylic acids is 2. The summed E-state index contributed by atoms with van der Waals surface area (Å²) in [6, 6.07) is 10.9. The zero-order valence-corrected chi connectivity index (χ0v) is 16.0. The third-order valence-electron chi connectivity index (χ3n) is 6.43. The zero-order chi connectivity index (χ0) is 18.6. The van der Waals surface area contributed by atoms with Gasteiger partial charge in [-0.15, -0.1) is 0 Å². The van der Waals surface area contributed by atoms with E-state index in [1.165, 1.54) is 5.56 Å². The van der Waals surface area contributed by atoms with Crippen molar-refractivity contribution in [3.63, 3.8) is 0 Å². The van der Waals surface area contributed by atoms with Gasteiger partial charge in [-0.1, -0.05) is 30.3 Å². The van der Waals surface area contributed by atoms with Crippen molar-refractivity contribution in [1.82, 2.24) is 9.80 Å². The minimum absolute atomic E-state index is 0.147. The monoisotopic (exact) mass is 370 g/mol. The Kier molecular flexibility index (Phi) is 5.77. The Hall–Kier alpha value is -1.88. The summed E-state index contributed by atoms with van der Waals surface area (Å²) in [7, 11) is 0. The molecule has 1 atom stereocenters. The van der Waals surface area contributed by atoms with Gasteiger partial charge in [-0.2, -0.15) is 0 Å². The lowest BCUT2D eigenvalue weighted by Gasteiger charge is -2.34. The quantitative estimate of drug-likeness (QED) is 0.818. The normalized spacial score (nSPS) is 25.2. The zero-order valence-electron chi connectivity index (χ0n) is 16.0. The molecule has 2 amide bonds. The summed E-state index contributed by atoms with van der Waals surface area (Å²) < 4.78 is 5.40.